The third-order valence-electron chi connectivity index (χ3n) is 8.18. The molecule has 1 heterocycles. The van der Waals surface area contributed by atoms with Gasteiger partial charge in [0.1, 0.15) is 28.7 Å². The fourth-order valence-electron chi connectivity index (χ4n) is 5.50. The average Bonchev–Trinajstić information content (AvgIpc) is 3.12. The number of benzene rings is 4. The molecule has 1 aliphatic rings. The SMILES string of the molecule is C[C@@H](O)[C@H](NC(=O)[C@H](NC(=O)COc1ccc([C@@H]2[C@@H](SCC(O)c3ccc(F)cc3)C(=O)N2c2ccc(F)cc2)cc1)c1ccccc1)C(=O)O. The number of aliphatic hydroxyl groups is 2. The van der Waals surface area contributed by atoms with Crippen molar-refractivity contribution in [1.29, 1.82) is 0 Å². The van der Waals surface area contributed by atoms with Gasteiger partial charge in [-0.3, -0.25) is 14.4 Å². The van der Waals surface area contributed by atoms with E-state index in [1.807, 2.05) is 0 Å². The van der Waals surface area contributed by atoms with Crippen LogP contribution in [0.25, 0.3) is 0 Å². The van der Waals surface area contributed by atoms with Crippen molar-refractivity contribution in [3.05, 3.63) is 131 Å². The van der Waals surface area contributed by atoms with E-state index in [1.165, 1.54) is 72.1 Å². The summed E-state index contributed by atoms with van der Waals surface area (Å²) in [4.78, 5) is 52.4. The number of anilines is 1. The molecule has 3 amide bonds. The van der Waals surface area contributed by atoms with Crippen molar-refractivity contribution in [2.45, 2.75) is 42.5 Å². The third kappa shape index (κ3) is 9.08. The lowest BCUT2D eigenvalue weighted by molar-refractivity contribution is -0.145. The highest BCUT2D eigenvalue weighted by molar-refractivity contribution is 8.00. The van der Waals surface area contributed by atoms with Crippen LogP contribution in [0.4, 0.5) is 14.5 Å². The summed E-state index contributed by atoms with van der Waals surface area (Å²) in [6, 6.07) is 22.4. The van der Waals surface area contributed by atoms with E-state index in [9.17, 15) is 43.3 Å². The highest BCUT2D eigenvalue weighted by atomic mass is 32.2. The van der Waals surface area contributed by atoms with Gasteiger partial charge in [0.15, 0.2) is 12.6 Å². The smallest absolute Gasteiger partial charge is 0.328 e. The summed E-state index contributed by atoms with van der Waals surface area (Å²) in [5, 5.41) is 34.1. The van der Waals surface area contributed by atoms with E-state index in [0.717, 1.165) is 0 Å². The van der Waals surface area contributed by atoms with Crippen LogP contribution in [0.2, 0.25) is 0 Å². The first-order chi connectivity index (χ1) is 24.4. The third-order valence-corrected chi connectivity index (χ3v) is 9.50. The Bertz CT molecular complexity index is 1830. The predicted molar refractivity (Wildman–Crippen MR) is 185 cm³/mol. The molecule has 0 aliphatic carbocycles. The molecule has 1 saturated heterocycles. The number of hydrogen-bond donors (Lipinski definition) is 5. The van der Waals surface area contributed by atoms with Gasteiger partial charge in [-0.1, -0.05) is 54.6 Å². The zero-order chi connectivity index (χ0) is 36.7. The first-order valence-corrected chi connectivity index (χ1v) is 16.9. The predicted octanol–water partition coefficient (Wildman–Crippen LogP) is 4.07. The van der Waals surface area contributed by atoms with Crippen LogP contribution in [-0.2, 0) is 19.2 Å². The molecule has 1 unspecified atom stereocenters. The first kappa shape index (κ1) is 37.0. The van der Waals surface area contributed by atoms with E-state index in [4.69, 9.17) is 4.74 Å². The van der Waals surface area contributed by atoms with Crippen molar-refractivity contribution in [2.24, 2.45) is 0 Å². The van der Waals surface area contributed by atoms with Crippen molar-refractivity contribution in [3.63, 3.8) is 0 Å². The Balaban J connectivity index is 1.26. The molecule has 0 saturated carbocycles. The lowest BCUT2D eigenvalue weighted by Crippen LogP contribution is -2.57. The van der Waals surface area contributed by atoms with Gasteiger partial charge in [0.05, 0.1) is 18.2 Å². The number of nitrogens with zero attached hydrogens (tertiary/aromatic N) is 1. The van der Waals surface area contributed by atoms with Crippen LogP contribution in [0, 0.1) is 11.6 Å². The van der Waals surface area contributed by atoms with Gasteiger partial charge >= 0.3 is 5.97 Å². The first-order valence-electron chi connectivity index (χ1n) is 15.8. The van der Waals surface area contributed by atoms with Crippen LogP contribution < -0.4 is 20.3 Å². The van der Waals surface area contributed by atoms with E-state index in [1.54, 1.807) is 54.6 Å². The van der Waals surface area contributed by atoms with Crippen molar-refractivity contribution in [2.75, 3.05) is 17.3 Å². The molecule has 51 heavy (non-hydrogen) atoms. The Morgan fingerprint density at radius 2 is 1.45 bits per heavy atom. The number of nitrogens with one attached hydrogen (secondary N) is 2. The van der Waals surface area contributed by atoms with Crippen molar-refractivity contribution in [3.8, 4) is 5.75 Å². The van der Waals surface area contributed by atoms with Crippen LogP contribution in [0.5, 0.6) is 5.75 Å². The Labute approximate surface area is 296 Å². The molecular weight excluding hydrogens is 684 g/mol. The number of aliphatic carboxylic acids is 1. The normalized spacial score (nSPS) is 17.7. The number of carboxylic acids is 1. The number of carbonyl (C=O) groups is 4. The maximum absolute atomic E-state index is 13.7. The second kappa shape index (κ2) is 16.6. The van der Waals surface area contributed by atoms with Gasteiger partial charge < -0.3 is 35.6 Å². The van der Waals surface area contributed by atoms with E-state index < -0.39 is 71.6 Å². The minimum absolute atomic E-state index is 0.157. The molecule has 11 nitrogen and oxygen atoms in total. The number of amides is 3. The van der Waals surface area contributed by atoms with Crippen molar-refractivity contribution in [1.82, 2.24) is 10.6 Å². The molecule has 0 bridgehead atoms. The number of rotatable bonds is 15. The van der Waals surface area contributed by atoms with Gasteiger partial charge in [0, 0.05) is 11.4 Å². The molecule has 14 heteroatoms. The molecule has 5 rings (SSSR count). The summed E-state index contributed by atoms with van der Waals surface area (Å²) in [5.41, 5.74) is 2.07. The van der Waals surface area contributed by atoms with Crippen molar-refractivity contribution < 1.29 is 48.0 Å². The van der Waals surface area contributed by atoms with Crippen LogP contribution in [0.1, 0.15) is 41.8 Å². The summed E-state index contributed by atoms with van der Waals surface area (Å²) in [6.45, 7) is 0.717. The molecule has 4 aromatic rings. The highest BCUT2D eigenvalue weighted by Crippen LogP contribution is 2.46. The standard InChI is InChI=1S/C37H35F2N3O8S/c1-21(43)31(37(48)49)41-35(46)32(23-5-3-2-4-6-23)40-30(45)19-50-28-17-9-24(10-18-28)33-34(36(47)42(33)27-15-13-26(39)14-16-27)51-20-29(44)22-7-11-25(38)12-8-22/h2-18,21,29,31-34,43-44H,19-20H2,1H3,(H,40,45)(H,41,46)(H,48,49)/t21-,29?,31+,32-,33-,34-/m1/s1. The molecule has 6 atom stereocenters. The molecule has 0 radical (unpaired) electrons. The molecule has 266 valence electrons. The number of carbonyl (C=O) groups excluding carboxylic acids is 3. The zero-order valence-electron chi connectivity index (χ0n) is 27.2. The number of aliphatic hydroxyl groups excluding tert-OH is 2. The number of halogens is 2. The van der Waals surface area contributed by atoms with Gasteiger partial charge in [0.2, 0.25) is 11.8 Å². The fraction of sp³-hybridized carbons (Fsp3) is 0.243. The fourth-order valence-corrected chi connectivity index (χ4v) is 6.80. The van der Waals surface area contributed by atoms with Crippen LogP contribution in [-0.4, -0.2) is 68.8 Å². The van der Waals surface area contributed by atoms with Gasteiger partial charge in [-0.05, 0) is 72.1 Å². The monoisotopic (exact) mass is 719 g/mol. The van der Waals surface area contributed by atoms with Crippen LogP contribution in [0.15, 0.2) is 103 Å². The zero-order valence-corrected chi connectivity index (χ0v) is 28.0. The van der Waals surface area contributed by atoms with Crippen LogP contribution >= 0.6 is 11.8 Å². The number of ether oxygens (including phenoxy) is 1. The molecule has 1 fully saturated rings. The largest absolute Gasteiger partial charge is 0.484 e. The molecule has 5 N–H and O–H groups in total. The Kier molecular flexibility index (Phi) is 12.0. The maximum Gasteiger partial charge on any atom is 0.328 e. The average molecular weight is 720 g/mol. The van der Waals surface area contributed by atoms with E-state index in [0.29, 0.717) is 28.1 Å². The second-order valence-corrected chi connectivity index (χ2v) is 13.0. The summed E-state index contributed by atoms with van der Waals surface area (Å²) >= 11 is 1.24. The Morgan fingerprint density at radius 1 is 0.843 bits per heavy atom. The van der Waals surface area contributed by atoms with E-state index in [2.05, 4.69) is 10.6 Å². The quantitative estimate of drug-likeness (QED) is 0.114. The summed E-state index contributed by atoms with van der Waals surface area (Å²) in [5.74, 6) is -3.64. The summed E-state index contributed by atoms with van der Waals surface area (Å²) in [7, 11) is 0. The van der Waals surface area contributed by atoms with E-state index in [-0.39, 0.29) is 11.7 Å². The Hall–Kier alpha value is -5.31. The number of thioether (sulfide) groups is 1. The minimum Gasteiger partial charge on any atom is -0.484 e. The number of carboxylic acid groups (broad SMARTS) is 1. The highest BCUT2D eigenvalue weighted by Gasteiger charge is 2.49. The van der Waals surface area contributed by atoms with Crippen LogP contribution in [0.3, 0.4) is 0 Å². The van der Waals surface area contributed by atoms with Gasteiger partial charge in [-0.2, -0.15) is 0 Å². The summed E-state index contributed by atoms with van der Waals surface area (Å²) < 4.78 is 32.7. The summed E-state index contributed by atoms with van der Waals surface area (Å²) in [6.07, 6.45) is -2.34. The second-order valence-electron chi connectivity index (χ2n) is 11.8. The molecule has 4 aromatic carbocycles. The molecular formula is C37H35F2N3O8S. The van der Waals surface area contributed by atoms with Gasteiger partial charge in [-0.15, -0.1) is 11.8 Å². The Morgan fingerprint density at radius 3 is 2.04 bits per heavy atom. The van der Waals surface area contributed by atoms with E-state index >= 15 is 0 Å². The van der Waals surface area contributed by atoms with Gasteiger partial charge in [-0.25, -0.2) is 13.6 Å². The lowest BCUT2D eigenvalue weighted by Gasteiger charge is -2.47. The van der Waals surface area contributed by atoms with Gasteiger partial charge in [0.25, 0.3) is 5.91 Å². The number of hydrogen-bond acceptors (Lipinski definition) is 8. The topological polar surface area (TPSA) is 166 Å². The van der Waals surface area contributed by atoms with Crippen molar-refractivity contribution >= 4 is 41.1 Å². The molecule has 1 aliphatic heterocycles. The minimum atomic E-state index is -1.60. The maximum atomic E-state index is 13.7. The number of β-lactam (4-membered cyclic amide) rings is 1. The lowest BCUT2D eigenvalue weighted by atomic mass is 9.92. The molecule has 0 spiro atoms. The molecule has 0 aromatic heterocycles.